The fraction of sp³-hybridized carbons (Fsp3) is 0.923. The lowest BCUT2D eigenvalue weighted by Gasteiger charge is -2.33. The van der Waals surface area contributed by atoms with Gasteiger partial charge in [0.15, 0.2) is 0 Å². The summed E-state index contributed by atoms with van der Waals surface area (Å²) in [4.78, 5) is 13.3. The highest BCUT2D eigenvalue weighted by atomic mass is 19.4. The van der Waals surface area contributed by atoms with Crippen LogP contribution in [0.25, 0.3) is 0 Å². The van der Waals surface area contributed by atoms with E-state index in [0.717, 1.165) is 25.7 Å². The molecule has 0 aromatic rings. The van der Waals surface area contributed by atoms with E-state index in [1.54, 1.807) is 18.9 Å². The molecule has 118 valence electrons. The van der Waals surface area contributed by atoms with Gasteiger partial charge in [-0.3, -0.25) is 9.69 Å². The zero-order chi connectivity index (χ0) is 15.3. The van der Waals surface area contributed by atoms with Gasteiger partial charge in [-0.25, -0.2) is 0 Å². The van der Waals surface area contributed by atoms with Crippen molar-refractivity contribution in [2.75, 3.05) is 20.1 Å². The van der Waals surface area contributed by atoms with Crippen LogP contribution in [0.2, 0.25) is 0 Å². The molecule has 1 amide bonds. The number of rotatable bonds is 5. The molecule has 3 atom stereocenters. The lowest BCUT2D eigenvalue weighted by atomic mass is 9.86. The molecule has 1 aliphatic carbocycles. The Labute approximate surface area is 117 Å². The van der Waals surface area contributed by atoms with E-state index in [4.69, 9.17) is 0 Å². The molecule has 1 saturated carbocycles. The SMILES string of the molecule is CC(C(=O)NCC(F)(F)F)N(C)CC1CCCCC1O. The van der Waals surface area contributed by atoms with Gasteiger partial charge in [0.2, 0.25) is 5.91 Å². The molecule has 2 N–H and O–H groups in total. The maximum absolute atomic E-state index is 12.0. The van der Waals surface area contributed by atoms with Crippen LogP contribution in [0.5, 0.6) is 0 Å². The molecule has 1 fully saturated rings. The average molecular weight is 296 g/mol. The van der Waals surface area contributed by atoms with Crippen molar-refractivity contribution in [1.29, 1.82) is 0 Å². The van der Waals surface area contributed by atoms with Crippen LogP contribution in [0, 0.1) is 5.92 Å². The molecule has 7 heteroatoms. The summed E-state index contributed by atoms with van der Waals surface area (Å²) >= 11 is 0. The number of nitrogens with zero attached hydrogens (tertiary/aromatic N) is 1. The van der Waals surface area contributed by atoms with Gasteiger partial charge < -0.3 is 10.4 Å². The highest BCUT2D eigenvalue weighted by molar-refractivity contribution is 5.81. The molecule has 1 aliphatic rings. The summed E-state index contributed by atoms with van der Waals surface area (Å²) in [7, 11) is 1.69. The van der Waals surface area contributed by atoms with Gasteiger partial charge in [-0.1, -0.05) is 12.8 Å². The Bertz CT molecular complexity index is 323. The Morgan fingerprint density at radius 3 is 2.55 bits per heavy atom. The third-order valence-electron chi connectivity index (χ3n) is 3.90. The molecule has 0 aromatic heterocycles. The van der Waals surface area contributed by atoms with Crippen molar-refractivity contribution in [2.45, 2.75) is 50.9 Å². The maximum atomic E-state index is 12.0. The number of aliphatic hydroxyl groups excluding tert-OH is 1. The number of carbonyl (C=O) groups is 1. The minimum Gasteiger partial charge on any atom is -0.393 e. The number of likely N-dealkylation sites (N-methyl/N-ethyl adjacent to an activating group) is 1. The van der Waals surface area contributed by atoms with Gasteiger partial charge in [-0.15, -0.1) is 0 Å². The fourth-order valence-corrected chi connectivity index (χ4v) is 2.46. The quantitative estimate of drug-likeness (QED) is 0.809. The number of aliphatic hydroxyl groups is 1. The fourth-order valence-electron chi connectivity index (χ4n) is 2.46. The van der Waals surface area contributed by atoms with E-state index in [-0.39, 0.29) is 12.0 Å². The maximum Gasteiger partial charge on any atom is 0.405 e. The Balaban J connectivity index is 2.41. The summed E-state index contributed by atoms with van der Waals surface area (Å²) in [6, 6.07) is -0.647. The Kier molecular flexibility index (Phi) is 6.26. The predicted octanol–water partition coefficient (Wildman–Crippen LogP) is 1.54. The third kappa shape index (κ3) is 5.66. The summed E-state index contributed by atoms with van der Waals surface area (Å²) in [6.07, 6.45) is -1.08. The molecule has 0 radical (unpaired) electrons. The number of carbonyl (C=O) groups excluding carboxylic acids is 1. The molecular weight excluding hydrogens is 273 g/mol. The minimum atomic E-state index is -4.40. The lowest BCUT2D eigenvalue weighted by molar-refractivity contribution is -0.141. The second-order valence-electron chi connectivity index (χ2n) is 5.56. The first-order chi connectivity index (χ1) is 9.20. The number of halogens is 3. The van der Waals surface area contributed by atoms with Crippen LogP contribution in [0.1, 0.15) is 32.6 Å². The molecule has 0 bridgehead atoms. The number of amides is 1. The van der Waals surface area contributed by atoms with Crippen LogP contribution in [0.15, 0.2) is 0 Å². The molecule has 4 nitrogen and oxygen atoms in total. The van der Waals surface area contributed by atoms with Gasteiger partial charge in [-0.05, 0) is 32.7 Å². The zero-order valence-corrected chi connectivity index (χ0v) is 11.9. The van der Waals surface area contributed by atoms with Crippen molar-refractivity contribution in [1.82, 2.24) is 10.2 Å². The molecule has 3 unspecified atom stereocenters. The highest BCUT2D eigenvalue weighted by Crippen LogP contribution is 2.25. The molecule has 1 rings (SSSR count). The van der Waals surface area contributed by atoms with E-state index in [9.17, 15) is 23.1 Å². The Morgan fingerprint density at radius 2 is 2.00 bits per heavy atom. The van der Waals surface area contributed by atoms with E-state index < -0.39 is 24.7 Å². The molecule has 0 saturated heterocycles. The summed E-state index contributed by atoms with van der Waals surface area (Å²) in [5, 5.41) is 11.8. The van der Waals surface area contributed by atoms with E-state index >= 15 is 0 Å². The van der Waals surface area contributed by atoms with Crippen LogP contribution >= 0.6 is 0 Å². The number of hydrogen-bond acceptors (Lipinski definition) is 3. The molecule has 0 aromatic carbocycles. The van der Waals surface area contributed by atoms with E-state index in [0.29, 0.717) is 6.54 Å². The van der Waals surface area contributed by atoms with Crippen molar-refractivity contribution in [3.05, 3.63) is 0 Å². The second-order valence-corrected chi connectivity index (χ2v) is 5.56. The largest absolute Gasteiger partial charge is 0.405 e. The average Bonchev–Trinajstić information content (AvgIpc) is 2.36. The van der Waals surface area contributed by atoms with Crippen LogP contribution in [0.3, 0.4) is 0 Å². The van der Waals surface area contributed by atoms with Crippen molar-refractivity contribution in [2.24, 2.45) is 5.92 Å². The van der Waals surface area contributed by atoms with Gasteiger partial charge in [0.05, 0.1) is 12.1 Å². The zero-order valence-electron chi connectivity index (χ0n) is 11.9. The smallest absolute Gasteiger partial charge is 0.393 e. The third-order valence-corrected chi connectivity index (χ3v) is 3.90. The molecule has 0 aliphatic heterocycles. The lowest BCUT2D eigenvalue weighted by Crippen LogP contribution is -2.48. The van der Waals surface area contributed by atoms with Crippen molar-refractivity contribution >= 4 is 5.91 Å². The second kappa shape index (κ2) is 7.26. The van der Waals surface area contributed by atoms with Gasteiger partial charge in [-0.2, -0.15) is 13.2 Å². The molecule has 0 spiro atoms. The van der Waals surface area contributed by atoms with Gasteiger partial charge >= 0.3 is 6.18 Å². The normalized spacial score (nSPS) is 25.6. The number of nitrogens with one attached hydrogen (secondary N) is 1. The van der Waals surface area contributed by atoms with Crippen LogP contribution < -0.4 is 5.32 Å². The Morgan fingerprint density at radius 1 is 1.40 bits per heavy atom. The Hall–Kier alpha value is -0.820. The standard InChI is InChI=1S/C13H23F3N2O2/c1-9(12(20)17-8-13(14,15)16)18(2)7-10-5-3-4-6-11(10)19/h9-11,19H,3-8H2,1-2H3,(H,17,20). The highest BCUT2D eigenvalue weighted by Gasteiger charge is 2.31. The van der Waals surface area contributed by atoms with Crippen molar-refractivity contribution < 1.29 is 23.1 Å². The summed E-state index contributed by atoms with van der Waals surface area (Å²) < 4.78 is 36.1. The first-order valence-corrected chi connectivity index (χ1v) is 6.93. The van der Waals surface area contributed by atoms with E-state index in [1.165, 1.54) is 0 Å². The first-order valence-electron chi connectivity index (χ1n) is 6.93. The van der Waals surface area contributed by atoms with E-state index in [2.05, 4.69) is 0 Å². The first kappa shape index (κ1) is 17.2. The van der Waals surface area contributed by atoms with Crippen LogP contribution in [0.4, 0.5) is 13.2 Å². The summed E-state index contributed by atoms with van der Waals surface area (Å²) in [5.74, 6) is -0.554. The number of hydrogen-bond donors (Lipinski definition) is 2. The van der Waals surface area contributed by atoms with Crippen molar-refractivity contribution in [3.8, 4) is 0 Å². The van der Waals surface area contributed by atoms with Crippen LogP contribution in [-0.4, -0.2) is 54.4 Å². The van der Waals surface area contributed by atoms with E-state index in [1.807, 2.05) is 5.32 Å². The summed E-state index contributed by atoms with van der Waals surface area (Å²) in [5.41, 5.74) is 0. The monoisotopic (exact) mass is 296 g/mol. The topological polar surface area (TPSA) is 52.6 Å². The van der Waals surface area contributed by atoms with Gasteiger partial charge in [0.1, 0.15) is 6.54 Å². The van der Waals surface area contributed by atoms with Gasteiger partial charge in [0.25, 0.3) is 0 Å². The van der Waals surface area contributed by atoms with Gasteiger partial charge in [0, 0.05) is 6.54 Å². The van der Waals surface area contributed by atoms with Crippen molar-refractivity contribution in [3.63, 3.8) is 0 Å². The molecular formula is C13H23F3N2O2. The molecule has 20 heavy (non-hydrogen) atoms. The number of alkyl halides is 3. The van der Waals surface area contributed by atoms with Crippen LogP contribution in [-0.2, 0) is 4.79 Å². The predicted molar refractivity (Wildman–Crippen MR) is 69.1 cm³/mol. The molecule has 0 heterocycles. The summed E-state index contributed by atoms with van der Waals surface area (Å²) in [6.45, 7) is 0.777. The minimum absolute atomic E-state index is 0.0895.